The molecule has 9 heteroatoms. The number of hydrogen-bond acceptors (Lipinski definition) is 7. The first-order valence-corrected chi connectivity index (χ1v) is 12.0. The molecule has 32 heavy (non-hydrogen) atoms. The molecule has 0 saturated heterocycles. The number of hydrogen-bond donors (Lipinski definition) is 2. The Balaban J connectivity index is 2.16. The standard InChI is InChI=1S/C23H33N5O3S/c1-6-16(7-2)22-24-15(5)20-23(30)25-21(26-28(20)22)18-14-17(10-11-19(18)31-9-4)32-27(8-3)12-13-29/h10-11,14,16,29H,6-9,12-13H2,1-5H3,(H,25,26,30). The lowest BCUT2D eigenvalue weighted by Crippen LogP contribution is -2.19. The first-order chi connectivity index (χ1) is 15.5. The maximum Gasteiger partial charge on any atom is 0.277 e. The molecule has 0 saturated carbocycles. The van der Waals surface area contributed by atoms with Crippen molar-refractivity contribution in [2.24, 2.45) is 0 Å². The summed E-state index contributed by atoms with van der Waals surface area (Å²) in [6, 6.07) is 5.85. The number of aliphatic hydroxyl groups is 1. The molecule has 3 rings (SSSR count). The van der Waals surface area contributed by atoms with Crippen LogP contribution >= 0.6 is 11.9 Å². The van der Waals surface area contributed by atoms with Crippen molar-refractivity contribution in [2.45, 2.75) is 58.3 Å². The van der Waals surface area contributed by atoms with Gasteiger partial charge in [0.2, 0.25) is 0 Å². The molecule has 0 radical (unpaired) electrons. The van der Waals surface area contributed by atoms with Crippen LogP contribution in [0.25, 0.3) is 16.9 Å². The van der Waals surface area contributed by atoms with Crippen LogP contribution in [0, 0.1) is 6.92 Å². The zero-order valence-electron chi connectivity index (χ0n) is 19.5. The highest BCUT2D eigenvalue weighted by molar-refractivity contribution is 7.97. The Morgan fingerprint density at radius 1 is 1.25 bits per heavy atom. The number of aromatic nitrogens is 4. The molecule has 0 unspecified atom stereocenters. The van der Waals surface area contributed by atoms with Crippen LogP contribution in [-0.2, 0) is 0 Å². The van der Waals surface area contributed by atoms with E-state index < -0.39 is 0 Å². The third-order valence-corrected chi connectivity index (χ3v) is 6.66. The topological polar surface area (TPSA) is 95.8 Å². The summed E-state index contributed by atoms with van der Waals surface area (Å²) in [7, 11) is 0. The van der Waals surface area contributed by atoms with E-state index in [9.17, 15) is 9.90 Å². The molecule has 8 nitrogen and oxygen atoms in total. The van der Waals surface area contributed by atoms with E-state index in [0.717, 1.165) is 35.7 Å². The summed E-state index contributed by atoms with van der Waals surface area (Å²) in [5.74, 6) is 2.15. The summed E-state index contributed by atoms with van der Waals surface area (Å²) >= 11 is 1.55. The Morgan fingerprint density at radius 3 is 2.62 bits per heavy atom. The number of likely N-dealkylation sites (N-methyl/N-ethyl adjacent to an activating group) is 1. The third kappa shape index (κ3) is 5.00. The molecule has 0 aliphatic rings. The predicted molar refractivity (Wildman–Crippen MR) is 128 cm³/mol. The number of H-pyrrole nitrogens is 1. The van der Waals surface area contributed by atoms with E-state index in [1.165, 1.54) is 0 Å². The average molecular weight is 460 g/mol. The number of imidazole rings is 1. The van der Waals surface area contributed by atoms with E-state index in [2.05, 4.69) is 28.1 Å². The number of nitrogens with one attached hydrogen (secondary N) is 1. The highest BCUT2D eigenvalue weighted by Crippen LogP contribution is 2.34. The van der Waals surface area contributed by atoms with E-state index in [4.69, 9.17) is 9.84 Å². The second kappa shape index (κ2) is 11.0. The fourth-order valence-corrected chi connectivity index (χ4v) is 4.69. The van der Waals surface area contributed by atoms with Gasteiger partial charge < -0.3 is 14.8 Å². The highest BCUT2D eigenvalue weighted by Gasteiger charge is 2.21. The predicted octanol–water partition coefficient (Wildman–Crippen LogP) is 4.02. The van der Waals surface area contributed by atoms with Gasteiger partial charge in [0.05, 0.1) is 24.5 Å². The molecule has 0 aliphatic heterocycles. The van der Waals surface area contributed by atoms with Gasteiger partial charge in [0.1, 0.15) is 11.6 Å². The Bertz CT molecular complexity index is 1110. The van der Waals surface area contributed by atoms with Crippen molar-refractivity contribution in [3.05, 3.63) is 40.1 Å². The Kier molecular flexibility index (Phi) is 8.33. The maximum absolute atomic E-state index is 13.0. The van der Waals surface area contributed by atoms with Crippen molar-refractivity contribution < 1.29 is 9.84 Å². The summed E-state index contributed by atoms with van der Waals surface area (Å²) in [4.78, 5) is 21.6. The molecule has 0 fully saturated rings. The van der Waals surface area contributed by atoms with Gasteiger partial charge in [-0.25, -0.2) is 13.8 Å². The third-order valence-electron chi connectivity index (χ3n) is 5.49. The molecular weight excluding hydrogens is 426 g/mol. The second-order valence-electron chi connectivity index (χ2n) is 7.56. The fraction of sp³-hybridized carbons (Fsp3) is 0.522. The summed E-state index contributed by atoms with van der Waals surface area (Å²) in [6.07, 6.45) is 1.85. The number of fused-ring (bicyclic) bond motifs is 1. The van der Waals surface area contributed by atoms with Crippen LogP contribution in [0.3, 0.4) is 0 Å². The molecule has 0 amide bonds. The largest absolute Gasteiger partial charge is 0.493 e. The molecule has 174 valence electrons. The Morgan fingerprint density at radius 2 is 2.00 bits per heavy atom. The first-order valence-electron chi connectivity index (χ1n) is 11.3. The molecule has 2 N–H and O–H groups in total. The molecule has 0 spiro atoms. The molecule has 2 heterocycles. The summed E-state index contributed by atoms with van der Waals surface area (Å²) in [5, 5.41) is 14.1. The second-order valence-corrected chi connectivity index (χ2v) is 8.73. The molecule has 3 aromatic rings. The summed E-state index contributed by atoms with van der Waals surface area (Å²) in [5.41, 5.74) is 1.68. The molecule has 0 atom stereocenters. The van der Waals surface area contributed by atoms with Gasteiger partial charge in [-0.05, 0) is 56.8 Å². The van der Waals surface area contributed by atoms with Crippen LogP contribution in [-0.4, -0.2) is 55.3 Å². The van der Waals surface area contributed by atoms with Crippen LogP contribution in [0.15, 0.2) is 27.9 Å². The van der Waals surface area contributed by atoms with Crippen LogP contribution in [0.2, 0.25) is 0 Å². The normalized spacial score (nSPS) is 11.8. The lowest BCUT2D eigenvalue weighted by Gasteiger charge is -2.19. The van der Waals surface area contributed by atoms with E-state index in [0.29, 0.717) is 35.9 Å². The van der Waals surface area contributed by atoms with Gasteiger partial charge in [0, 0.05) is 23.9 Å². The van der Waals surface area contributed by atoms with Crippen molar-refractivity contribution >= 4 is 17.5 Å². The van der Waals surface area contributed by atoms with Crippen LogP contribution in [0.4, 0.5) is 0 Å². The average Bonchev–Trinajstić information content (AvgIpc) is 3.12. The fourth-order valence-electron chi connectivity index (χ4n) is 3.79. The molecule has 2 aromatic heterocycles. The van der Waals surface area contributed by atoms with E-state index >= 15 is 0 Å². The minimum absolute atomic E-state index is 0.0923. The van der Waals surface area contributed by atoms with Crippen molar-refractivity contribution in [1.82, 2.24) is 23.9 Å². The molecule has 1 aromatic carbocycles. The van der Waals surface area contributed by atoms with Gasteiger partial charge in [-0.2, -0.15) is 0 Å². The molecular formula is C23H33N5O3S. The SMILES string of the molecule is CCOc1ccc(SN(CC)CCO)cc1-c1nn2c(C(CC)CC)nc(C)c2c(=O)[nH]1. The molecule has 0 bridgehead atoms. The Hall–Kier alpha value is -2.36. The van der Waals surface area contributed by atoms with Crippen LogP contribution in [0.5, 0.6) is 5.75 Å². The van der Waals surface area contributed by atoms with Crippen molar-refractivity contribution in [2.75, 3.05) is 26.3 Å². The number of rotatable bonds is 11. The van der Waals surface area contributed by atoms with Gasteiger partial charge in [0.15, 0.2) is 11.3 Å². The zero-order chi connectivity index (χ0) is 23.3. The lowest BCUT2D eigenvalue weighted by atomic mass is 10.0. The Labute approximate surface area is 193 Å². The minimum Gasteiger partial charge on any atom is -0.493 e. The smallest absolute Gasteiger partial charge is 0.277 e. The minimum atomic E-state index is -0.215. The number of benzene rings is 1. The number of aromatic amines is 1. The van der Waals surface area contributed by atoms with Gasteiger partial charge in [-0.15, -0.1) is 5.10 Å². The number of nitrogens with zero attached hydrogens (tertiary/aromatic N) is 4. The van der Waals surface area contributed by atoms with Crippen molar-refractivity contribution in [3.8, 4) is 17.1 Å². The number of aliphatic hydroxyl groups excluding tert-OH is 1. The molecule has 0 aliphatic carbocycles. The first kappa shape index (κ1) is 24.3. The van der Waals surface area contributed by atoms with E-state index in [-0.39, 0.29) is 18.1 Å². The maximum atomic E-state index is 13.0. The monoisotopic (exact) mass is 459 g/mol. The summed E-state index contributed by atoms with van der Waals surface area (Å²) < 4.78 is 9.63. The van der Waals surface area contributed by atoms with Gasteiger partial charge in [-0.3, -0.25) is 4.79 Å². The van der Waals surface area contributed by atoms with Gasteiger partial charge in [-0.1, -0.05) is 20.8 Å². The van der Waals surface area contributed by atoms with Crippen molar-refractivity contribution in [3.63, 3.8) is 0 Å². The van der Waals surface area contributed by atoms with Crippen molar-refractivity contribution in [1.29, 1.82) is 0 Å². The van der Waals surface area contributed by atoms with E-state index in [1.807, 2.05) is 39.0 Å². The number of aryl methyl sites for hydroxylation is 1. The highest BCUT2D eigenvalue weighted by atomic mass is 32.2. The zero-order valence-corrected chi connectivity index (χ0v) is 20.3. The van der Waals surface area contributed by atoms with Crippen LogP contribution < -0.4 is 10.3 Å². The number of ether oxygens (including phenoxy) is 1. The van der Waals surface area contributed by atoms with E-state index in [1.54, 1.807) is 16.5 Å². The van der Waals surface area contributed by atoms with Gasteiger partial charge in [0.25, 0.3) is 5.56 Å². The quantitative estimate of drug-likeness (QED) is 0.418. The van der Waals surface area contributed by atoms with Gasteiger partial charge >= 0.3 is 0 Å². The lowest BCUT2D eigenvalue weighted by molar-refractivity contribution is 0.264. The summed E-state index contributed by atoms with van der Waals surface area (Å²) in [6.45, 7) is 12.0. The van der Waals surface area contributed by atoms with Crippen LogP contribution in [0.1, 0.15) is 58.0 Å².